The Bertz CT molecular complexity index is 732. The summed E-state index contributed by atoms with van der Waals surface area (Å²) in [6.07, 6.45) is 3.60. The van der Waals surface area contributed by atoms with Crippen molar-refractivity contribution >= 4 is 6.03 Å². The molecule has 1 aromatic heterocycles. The van der Waals surface area contributed by atoms with Crippen LogP contribution in [0.4, 0.5) is 4.79 Å². The third-order valence-corrected chi connectivity index (χ3v) is 5.08. The van der Waals surface area contributed by atoms with Gasteiger partial charge in [0.05, 0.1) is 13.2 Å². The van der Waals surface area contributed by atoms with Crippen LogP contribution in [0, 0.1) is 0 Å². The van der Waals surface area contributed by atoms with Crippen molar-refractivity contribution < 1.29 is 9.53 Å². The van der Waals surface area contributed by atoms with Gasteiger partial charge in [0.25, 0.3) is 0 Å². The first-order chi connectivity index (χ1) is 13.1. The predicted octanol–water partition coefficient (Wildman–Crippen LogP) is 2.66. The summed E-state index contributed by atoms with van der Waals surface area (Å²) in [4.78, 5) is 18.8. The molecule has 0 saturated carbocycles. The van der Waals surface area contributed by atoms with Gasteiger partial charge in [-0.05, 0) is 42.7 Å². The Morgan fingerprint density at radius 2 is 1.96 bits per heavy atom. The van der Waals surface area contributed by atoms with Crippen molar-refractivity contribution in [3.63, 3.8) is 0 Å². The standard InChI is InChI=1S/C21H28N4O2/c1-16(17(2)25-9-11-27-12-10-25)24-21(26)23-14-18-5-3-6-19(13-18)20-7-4-8-22-15-20/h3-8,13,15-17H,9-12,14H2,1-2H3,(H2,23,24,26). The fourth-order valence-corrected chi connectivity index (χ4v) is 3.26. The van der Waals surface area contributed by atoms with E-state index in [4.69, 9.17) is 4.74 Å². The van der Waals surface area contributed by atoms with Gasteiger partial charge in [0, 0.05) is 44.1 Å². The molecule has 2 aromatic rings. The third-order valence-electron chi connectivity index (χ3n) is 5.08. The van der Waals surface area contributed by atoms with Gasteiger partial charge in [-0.15, -0.1) is 0 Å². The molecule has 2 amide bonds. The summed E-state index contributed by atoms with van der Waals surface area (Å²) >= 11 is 0. The molecule has 1 saturated heterocycles. The number of carbonyl (C=O) groups is 1. The molecule has 0 radical (unpaired) electrons. The Morgan fingerprint density at radius 1 is 1.19 bits per heavy atom. The molecule has 144 valence electrons. The molecule has 0 aliphatic carbocycles. The molecule has 2 atom stereocenters. The Balaban J connectivity index is 1.50. The van der Waals surface area contributed by atoms with Crippen molar-refractivity contribution in [2.45, 2.75) is 32.5 Å². The molecule has 6 heteroatoms. The zero-order valence-corrected chi connectivity index (χ0v) is 16.0. The first-order valence-corrected chi connectivity index (χ1v) is 9.49. The zero-order valence-electron chi connectivity index (χ0n) is 16.0. The van der Waals surface area contributed by atoms with E-state index in [-0.39, 0.29) is 18.1 Å². The number of nitrogens with zero attached hydrogens (tertiary/aromatic N) is 2. The number of rotatable bonds is 6. The minimum absolute atomic E-state index is 0.0600. The molecule has 1 aliphatic heterocycles. The maximum Gasteiger partial charge on any atom is 0.315 e. The van der Waals surface area contributed by atoms with Gasteiger partial charge in [-0.25, -0.2) is 4.79 Å². The minimum atomic E-state index is -0.144. The molecule has 0 spiro atoms. The fraction of sp³-hybridized carbons (Fsp3) is 0.429. The van der Waals surface area contributed by atoms with E-state index >= 15 is 0 Å². The minimum Gasteiger partial charge on any atom is -0.379 e. The molecule has 3 rings (SSSR count). The van der Waals surface area contributed by atoms with Crippen molar-refractivity contribution in [1.82, 2.24) is 20.5 Å². The monoisotopic (exact) mass is 368 g/mol. The number of amides is 2. The quantitative estimate of drug-likeness (QED) is 0.823. The summed E-state index contributed by atoms with van der Waals surface area (Å²) in [5.41, 5.74) is 3.22. The topological polar surface area (TPSA) is 66.5 Å². The summed E-state index contributed by atoms with van der Waals surface area (Å²) in [6.45, 7) is 8.02. The van der Waals surface area contributed by atoms with Crippen LogP contribution in [0.2, 0.25) is 0 Å². The Morgan fingerprint density at radius 3 is 2.70 bits per heavy atom. The maximum absolute atomic E-state index is 12.3. The van der Waals surface area contributed by atoms with Crippen molar-refractivity contribution in [3.8, 4) is 11.1 Å². The number of nitrogens with one attached hydrogen (secondary N) is 2. The number of hydrogen-bond donors (Lipinski definition) is 2. The van der Waals surface area contributed by atoms with Gasteiger partial charge < -0.3 is 15.4 Å². The lowest BCUT2D eigenvalue weighted by Gasteiger charge is -2.35. The smallest absolute Gasteiger partial charge is 0.315 e. The highest BCUT2D eigenvalue weighted by Crippen LogP contribution is 2.19. The van der Waals surface area contributed by atoms with Crippen LogP contribution in [0.1, 0.15) is 19.4 Å². The highest BCUT2D eigenvalue weighted by Gasteiger charge is 2.23. The van der Waals surface area contributed by atoms with Gasteiger partial charge in [0.2, 0.25) is 0 Å². The lowest BCUT2D eigenvalue weighted by molar-refractivity contribution is 0.0145. The van der Waals surface area contributed by atoms with Crippen molar-refractivity contribution in [1.29, 1.82) is 0 Å². The van der Waals surface area contributed by atoms with Crippen LogP contribution in [0.3, 0.4) is 0 Å². The van der Waals surface area contributed by atoms with Crippen molar-refractivity contribution in [2.75, 3.05) is 26.3 Å². The number of benzene rings is 1. The molecule has 0 bridgehead atoms. The van der Waals surface area contributed by atoms with Crippen LogP contribution in [0.25, 0.3) is 11.1 Å². The SMILES string of the molecule is CC(NC(=O)NCc1cccc(-c2cccnc2)c1)C(C)N1CCOCC1. The molecule has 1 aliphatic rings. The second kappa shape index (κ2) is 9.48. The van der Waals surface area contributed by atoms with Gasteiger partial charge in [0.15, 0.2) is 0 Å². The second-order valence-corrected chi connectivity index (χ2v) is 6.95. The first kappa shape index (κ1) is 19.3. The summed E-state index contributed by atoms with van der Waals surface area (Å²) in [5.74, 6) is 0. The normalized spacial score (nSPS) is 17.1. The van der Waals surface area contributed by atoms with Crippen LogP contribution >= 0.6 is 0 Å². The second-order valence-electron chi connectivity index (χ2n) is 6.95. The largest absolute Gasteiger partial charge is 0.379 e. The summed E-state index contributed by atoms with van der Waals surface area (Å²) in [6, 6.07) is 12.3. The van der Waals surface area contributed by atoms with Gasteiger partial charge in [-0.1, -0.05) is 24.3 Å². The summed E-state index contributed by atoms with van der Waals surface area (Å²) in [5, 5.41) is 6.01. The molecule has 1 fully saturated rings. The Labute approximate surface area is 160 Å². The van der Waals surface area contributed by atoms with E-state index in [9.17, 15) is 4.79 Å². The molecule has 2 N–H and O–H groups in total. The van der Waals surface area contributed by atoms with Crippen molar-refractivity contribution in [2.24, 2.45) is 0 Å². The Hall–Kier alpha value is -2.44. The number of hydrogen-bond acceptors (Lipinski definition) is 4. The van der Waals surface area contributed by atoms with Crippen molar-refractivity contribution in [3.05, 3.63) is 54.4 Å². The molecular formula is C21H28N4O2. The number of carbonyl (C=O) groups excluding carboxylic acids is 1. The van der Waals surface area contributed by atoms with Gasteiger partial charge in [-0.3, -0.25) is 9.88 Å². The van der Waals surface area contributed by atoms with E-state index in [0.29, 0.717) is 6.54 Å². The highest BCUT2D eigenvalue weighted by atomic mass is 16.5. The lowest BCUT2D eigenvalue weighted by atomic mass is 10.0. The van der Waals surface area contributed by atoms with E-state index in [2.05, 4.69) is 33.5 Å². The number of urea groups is 1. The average molecular weight is 368 g/mol. The number of morpholine rings is 1. The molecule has 27 heavy (non-hydrogen) atoms. The number of ether oxygens (including phenoxy) is 1. The third kappa shape index (κ3) is 5.52. The lowest BCUT2D eigenvalue weighted by Crippen LogP contribution is -2.53. The van der Waals surface area contributed by atoms with E-state index in [1.807, 2.05) is 43.5 Å². The van der Waals surface area contributed by atoms with E-state index in [1.165, 1.54) is 0 Å². The first-order valence-electron chi connectivity index (χ1n) is 9.49. The van der Waals surface area contributed by atoms with E-state index in [0.717, 1.165) is 43.0 Å². The number of aromatic nitrogens is 1. The highest BCUT2D eigenvalue weighted by molar-refractivity contribution is 5.74. The zero-order chi connectivity index (χ0) is 19.1. The van der Waals surface area contributed by atoms with Crippen LogP contribution in [-0.4, -0.2) is 54.3 Å². The van der Waals surface area contributed by atoms with Crippen LogP contribution in [0.15, 0.2) is 48.8 Å². The maximum atomic E-state index is 12.3. The average Bonchev–Trinajstić information content (AvgIpc) is 2.73. The van der Waals surface area contributed by atoms with Gasteiger partial charge in [0.1, 0.15) is 0 Å². The molecule has 2 heterocycles. The fourth-order valence-electron chi connectivity index (χ4n) is 3.26. The van der Waals surface area contributed by atoms with Crippen LogP contribution in [-0.2, 0) is 11.3 Å². The molecule has 2 unspecified atom stereocenters. The summed E-state index contributed by atoms with van der Waals surface area (Å²) in [7, 11) is 0. The van der Waals surface area contributed by atoms with E-state index in [1.54, 1.807) is 6.20 Å². The molecule has 6 nitrogen and oxygen atoms in total. The molecular weight excluding hydrogens is 340 g/mol. The Kier molecular flexibility index (Phi) is 6.79. The van der Waals surface area contributed by atoms with Crippen LogP contribution in [0.5, 0.6) is 0 Å². The van der Waals surface area contributed by atoms with Gasteiger partial charge >= 0.3 is 6.03 Å². The van der Waals surface area contributed by atoms with Crippen LogP contribution < -0.4 is 10.6 Å². The van der Waals surface area contributed by atoms with E-state index < -0.39 is 0 Å². The number of pyridine rings is 1. The molecule has 1 aromatic carbocycles. The summed E-state index contributed by atoms with van der Waals surface area (Å²) < 4.78 is 5.39. The predicted molar refractivity (Wildman–Crippen MR) is 106 cm³/mol. The van der Waals surface area contributed by atoms with Gasteiger partial charge in [-0.2, -0.15) is 0 Å².